The van der Waals surface area contributed by atoms with Gasteiger partial charge in [-0.1, -0.05) is 65.9 Å². The highest BCUT2D eigenvalue weighted by molar-refractivity contribution is 7.07. The van der Waals surface area contributed by atoms with E-state index in [0.717, 1.165) is 41.3 Å². The van der Waals surface area contributed by atoms with E-state index in [9.17, 15) is 24.1 Å². The first-order chi connectivity index (χ1) is 21.4. The van der Waals surface area contributed by atoms with Gasteiger partial charge in [0.1, 0.15) is 11.6 Å². The van der Waals surface area contributed by atoms with Gasteiger partial charge in [0.05, 0.1) is 26.8 Å². The molecule has 0 saturated carbocycles. The number of thiazole rings is 1. The summed E-state index contributed by atoms with van der Waals surface area (Å²) in [5.41, 5.74) is 5.33. The monoisotopic (exact) mass is 603 g/mol. The maximum Gasteiger partial charge on any atom is 0.343 e. The normalized spacial score (nSPS) is 15.6. The number of fused-ring (bicyclic) bond motifs is 3. The van der Waals surface area contributed by atoms with E-state index in [1.54, 1.807) is 47.0 Å². The number of nitrogens with zero attached hydrogens (tertiary/aromatic N) is 3. The third-order valence-electron chi connectivity index (χ3n) is 7.74. The van der Waals surface area contributed by atoms with Crippen molar-refractivity contribution in [3.05, 3.63) is 166 Å². The number of aryl methyl sites for hydroxylation is 1. The molecule has 216 valence electrons. The van der Waals surface area contributed by atoms with Crippen molar-refractivity contribution < 1.29 is 18.8 Å². The van der Waals surface area contributed by atoms with Gasteiger partial charge in [0.15, 0.2) is 4.80 Å². The summed E-state index contributed by atoms with van der Waals surface area (Å²) >= 11 is 1.28. The molecular formula is C34H22FN3O5S. The van der Waals surface area contributed by atoms with Gasteiger partial charge in [-0.25, -0.2) is 14.2 Å². The predicted molar refractivity (Wildman–Crippen MR) is 164 cm³/mol. The van der Waals surface area contributed by atoms with Crippen molar-refractivity contribution in [2.75, 3.05) is 0 Å². The number of aromatic nitrogens is 1. The summed E-state index contributed by atoms with van der Waals surface area (Å²) in [7, 11) is 0. The first-order valence-corrected chi connectivity index (χ1v) is 14.6. The Morgan fingerprint density at radius 2 is 1.77 bits per heavy atom. The average Bonchev–Trinajstić information content (AvgIpc) is 3.35. The van der Waals surface area contributed by atoms with Crippen LogP contribution in [0.1, 0.15) is 45.1 Å². The molecule has 4 aromatic carbocycles. The Balaban J connectivity index is 1.25. The lowest BCUT2D eigenvalue weighted by molar-refractivity contribution is -0.384. The van der Waals surface area contributed by atoms with Gasteiger partial charge >= 0.3 is 5.97 Å². The van der Waals surface area contributed by atoms with E-state index in [4.69, 9.17) is 9.73 Å². The Bertz CT molecular complexity index is 2180. The van der Waals surface area contributed by atoms with Gasteiger partial charge in [0, 0.05) is 17.7 Å². The number of rotatable bonds is 5. The maximum atomic E-state index is 13.9. The average molecular weight is 604 g/mol. The lowest BCUT2D eigenvalue weighted by atomic mass is 9.83. The number of allylic oxidation sites excluding steroid dienone is 1. The van der Waals surface area contributed by atoms with Crippen LogP contribution in [0, 0.1) is 15.9 Å². The quantitative estimate of drug-likeness (QED) is 0.113. The Morgan fingerprint density at radius 3 is 2.55 bits per heavy atom. The minimum atomic E-state index is -0.721. The largest absolute Gasteiger partial charge is 0.423 e. The fourth-order valence-electron chi connectivity index (χ4n) is 5.66. The molecule has 0 fully saturated rings. The number of hydrogen-bond acceptors (Lipinski definition) is 7. The Hall–Kier alpha value is -5.48. The lowest BCUT2D eigenvalue weighted by Crippen LogP contribution is -2.38. The van der Waals surface area contributed by atoms with E-state index in [1.165, 1.54) is 47.2 Å². The molecule has 0 N–H and O–H groups in total. The minimum Gasteiger partial charge on any atom is -0.423 e. The first-order valence-electron chi connectivity index (χ1n) is 13.8. The third kappa shape index (κ3) is 4.95. The Morgan fingerprint density at radius 1 is 1.00 bits per heavy atom. The molecule has 5 aromatic rings. The smallest absolute Gasteiger partial charge is 0.343 e. The molecule has 10 heteroatoms. The van der Waals surface area contributed by atoms with Crippen LogP contribution in [0.4, 0.5) is 10.1 Å². The van der Waals surface area contributed by atoms with Crippen molar-refractivity contribution in [2.24, 2.45) is 4.99 Å². The van der Waals surface area contributed by atoms with Crippen molar-refractivity contribution >= 4 is 34.8 Å². The molecule has 0 amide bonds. The van der Waals surface area contributed by atoms with Crippen molar-refractivity contribution in [3.8, 4) is 5.75 Å². The number of halogens is 1. The second-order valence-electron chi connectivity index (χ2n) is 10.4. The van der Waals surface area contributed by atoms with Gasteiger partial charge in [-0.2, -0.15) is 0 Å². The summed E-state index contributed by atoms with van der Waals surface area (Å²) in [6.45, 7) is 0. The van der Waals surface area contributed by atoms with Crippen LogP contribution in [0.15, 0.2) is 112 Å². The predicted octanol–water partition coefficient (Wildman–Crippen LogP) is 5.59. The summed E-state index contributed by atoms with van der Waals surface area (Å²) in [5.74, 6) is -0.813. The number of nitro benzene ring substituents is 1. The van der Waals surface area contributed by atoms with Gasteiger partial charge in [-0.05, 0) is 71.5 Å². The zero-order valence-corrected chi connectivity index (χ0v) is 23.8. The molecule has 0 radical (unpaired) electrons. The summed E-state index contributed by atoms with van der Waals surface area (Å²) in [6, 6.07) is 25.9. The molecule has 7 rings (SSSR count). The topological polar surface area (TPSA) is 104 Å². The van der Waals surface area contributed by atoms with Crippen molar-refractivity contribution in [1.29, 1.82) is 0 Å². The standard InChI is InChI=1S/C34H22FN3O5S/c35-24-13-10-22(11-14-24)31-28-17-12-21-4-1-2-7-27(21)30(28)36-34-37(31)32(39)29(44-34)18-20-8-15-26(16-9-20)43-33(40)23-5-3-6-25(19-23)38(41)42/h1-11,13-16,18-19,31H,12,17H2/b29-18+/t31-/m1/s1. The molecule has 0 unspecified atom stereocenters. The van der Waals surface area contributed by atoms with E-state index in [1.807, 2.05) is 12.1 Å². The Labute approximate surface area is 253 Å². The van der Waals surface area contributed by atoms with Gasteiger partial charge in [-0.3, -0.25) is 19.5 Å². The molecule has 0 bridgehead atoms. The van der Waals surface area contributed by atoms with Crippen molar-refractivity contribution in [2.45, 2.75) is 18.9 Å². The molecule has 1 atom stereocenters. The number of esters is 1. The molecule has 2 aliphatic rings. The fourth-order valence-corrected chi connectivity index (χ4v) is 6.66. The molecular weight excluding hydrogens is 581 g/mol. The van der Waals surface area contributed by atoms with Crippen LogP contribution in [0.2, 0.25) is 0 Å². The van der Waals surface area contributed by atoms with Crippen LogP contribution in [0.5, 0.6) is 5.75 Å². The molecule has 44 heavy (non-hydrogen) atoms. The van der Waals surface area contributed by atoms with Crippen LogP contribution in [-0.4, -0.2) is 15.5 Å². The van der Waals surface area contributed by atoms with Gasteiger partial charge < -0.3 is 4.74 Å². The van der Waals surface area contributed by atoms with Gasteiger partial charge in [-0.15, -0.1) is 0 Å². The molecule has 0 spiro atoms. The number of ether oxygens (including phenoxy) is 1. The lowest BCUT2D eigenvalue weighted by Gasteiger charge is -2.30. The highest BCUT2D eigenvalue weighted by Crippen LogP contribution is 2.41. The van der Waals surface area contributed by atoms with Gasteiger partial charge in [0.25, 0.3) is 11.2 Å². The molecule has 8 nitrogen and oxygen atoms in total. The van der Waals surface area contributed by atoms with Crippen LogP contribution >= 0.6 is 11.3 Å². The van der Waals surface area contributed by atoms with Crippen LogP contribution < -0.4 is 19.6 Å². The van der Waals surface area contributed by atoms with E-state index < -0.39 is 16.9 Å². The summed E-state index contributed by atoms with van der Waals surface area (Å²) in [4.78, 5) is 42.4. The van der Waals surface area contributed by atoms with E-state index >= 15 is 0 Å². The van der Waals surface area contributed by atoms with Crippen LogP contribution in [0.25, 0.3) is 11.8 Å². The highest BCUT2D eigenvalue weighted by Gasteiger charge is 2.32. The number of nitro groups is 1. The van der Waals surface area contributed by atoms with Crippen LogP contribution in [-0.2, 0) is 6.42 Å². The molecule has 1 aliphatic heterocycles. The fraction of sp³-hybridized carbons (Fsp3) is 0.0882. The third-order valence-corrected chi connectivity index (χ3v) is 8.72. The Kier molecular flexibility index (Phi) is 6.83. The minimum absolute atomic E-state index is 0.0606. The first kappa shape index (κ1) is 27.4. The zero-order chi connectivity index (χ0) is 30.4. The zero-order valence-electron chi connectivity index (χ0n) is 23.0. The maximum absolute atomic E-state index is 13.9. The number of carbonyl (C=O) groups is 1. The molecule has 2 heterocycles. The molecule has 0 saturated heterocycles. The van der Waals surface area contributed by atoms with E-state index in [-0.39, 0.29) is 28.4 Å². The number of benzene rings is 4. The number of non-ortho nitro benzene ring substituents is 1. The molecule has 1 aromatic heterocycles. The number of carbonyl (C=O) groups excluding carboxylic acids is 1. The van der Waals surface area contributed by atoms with Crippen LogP contribution in [0.3, 0.4) is 0 Å². The summed E-state index contributed by atoms with van der Waals surface area (Å²) in [6.07, 6.45) is 3.32. The second kappa shape index (κ2) is 11.0. The SMILES string of the molecule is O=C(Oc1ccc(/C=c2/sc3n(c2=O)[C@H](c2ccc(F)cc2)C2=C(N=3)c3ccccc3CC2)cc1)c1cccc([N+](=O)[O-])c1. The highest BCUT2D eigenvalue weighted by atomic mass is 32.1. The van der Waals surface area contributed by atoms with E-state index in [0.29, 0.717) is 14.9 Å². The van der Waals surface area contributed by atoms with Crippen molar-refractivity contribution in [3.63, 3.8) is 0 Å². The van der Waals surface area contributed by atoms with Crippen molar-refractivity contribution in [1.82, 2.24) is 4.57 Å². The van der Waals surface area contributed by atoms with Gasteiger partial charge in [0.2, 0.25) is 0 Å². The molecule has 1 aliphatic carbocycles. The number of hydrogen-bond donors (Lipinski definition) is 0. The van der Waals surface area contributed by atoms with E-state index in [2.05, 4.69) is 12.1 Å². The summed E-state index contributed by atoms with van der Waals surface area (Å²) < 4.78 is 21.5. The second-order valence-corrected chi connectivity index (χ2v) is 11.4. The summed E-state index contributed by atoms with van der Waals surface area (Å²) in [5, 5.41) is 11.0.